The van der Waals surface area contributed by atoms with E-state index in [4.69, 9.17) is 9.47 Å². The van der Waals surface area contributed by atoms with Gasteiger partial charge in [0.25, 0.3) is 0 Å². The predicted molar refractivity (Wildman–Crippen MR) is 112 cm³/mol. The van der Waals surface area contributed by atoms with Gasteiger partial charge >= 0.3 is 0 Å². The quantitative estimate of drug-likeness (QED) is 0.710. The first-order chi connectivity index (χ1) is 13.4. The molecule has 0 spiro atoms. The van der Waals surface area contributed by atoms with Gasteiger partial charge in [0.15, 0.2) is 0 Å². The standard InChI is InChI=1S/C22H29NO4S/c1-4-26-21-10-6-5-8-19(21)17-12-14-18(15-13-17)27-22-11-7-9-20(22)23-28(24,25)16(2)3/h5-6,8,10,12-16,20,22-23H,4,7,9,11H2,1-3H3/t20-,22?/m0/s1. The highest BCUT2D eigenvalue weighted by Crippen LogP contribution is 2.32. The van der Waals surface area contributed by atoms with Gasteiger partial charge in [0.2, 0.25) is 10.0 Å². The molecule has 28 heavy (non-hydrogen) atoms. The minimum absolute atomic E-state index is 0.143. The molecule has 1 fully saturated rings. The summed E-state index contributed by atoms with van der Waals surface area (Å²) in [6, 6.07) is 15.7. The van der Waals surface area contributed by atoms with Crippen molar-refractivity contribution in [3.8, 4) is 22.6 Å². The fourth-order valence-electron chi connectivity index (χ4n) is 3.42. The summed E-state index contributed by atoms with van der Waals surface area (Å²) in [6.07, 6.45) is 2.46. The summed E-state index contributed by atoms with van der Waals surface area (Å²) in [6.45, 7) is 5.96. The molecule has 2 atom stereocenters. The first-order valence-corrected chi connectivity index (χ1v) is 11.5. The van der Waals surface area contributed by atoms with Crippen LogP contribution in [-0.2, 0) is 10.0 Å². The SMILES string of the molecule is CCOc1ccccc1-c1ccc(OC2CCC[C@@H]2NS(=O)(=O)C(C)C)cc1. The molecule has 2 aromatic rings. The predicted octanol–water partition coefficient (Wildman–Crippen LogP) is 4.38. The van der Waals surface area contributed by atoms with Crippen molar-refractivity contribution in [1.29, 1.82) is 0 Å². The molecule has 0 heterocycles. The van der Waals surface area contributed by atoms with Gasteiger partial charge in [-0.3, -0.25) is 0 Å². The summed E-state index contributed by atoms with van der Waals surface area (Å²) in [5.74, 6) is 1.61. The normalized spacial score (nSPS) is 19.7. The molecule has 1 N–H and O–H groups in total. The highest BCUT2D eigenvalue weighted by Gasteiger charge is 2.33. The molecule has 0 saturated heterocycles. The molecule has 0 aromatic heterocycles. The van der Waals surface area contributed by atoms with Gasteiger partial charge in [-0.2, -0.15) is 0 Å². The summed E-state index contributed by atoms with van der Waals surface area (Å²) in [5.41, 5.74) is 2.10. The Bertz CT molecular complexity index is 878. The zero-order valence-electron chi connectivity index (χ0n) is 16.7. The third kappa shape index (κ3) is 4.86. The Kier molecular flexibility index (Phi) is 6.62. The highest BCUT2D eigenvalue weighted by atomic mass is 32.2. The van der Waals surface area contributed by atoms with Crippen LogP contribution in [0.15, 0.2) is 48.5 Å². The first kappa shape index (κ1) is 20.7. The van der Waals surface area contributed by atoms with Crippen molar-refractivity contribution in [2.24, 2.45) is 0 Å². The van der Waals surface area contributed by atoms with E-state index in [2.05, 4.69) is 4.72 Å². The number of hydrogen-bond donors (Lipinski definition) is 1. The van der Waals surface area contributed by atoms with Crippen LogP contribution in [0.1, 0.15) is 40.0 Å². The molecule has 1 saturated carbocycles. The van der Waals surface area contributed by atoms with E-state index in [-0.39, 0.29) is 12.1 Å². The van der Waals surface area contributed by atoms with Crippen molar-refractivity contribution in [3.05, 3.63) is 48.5 Å². The van der Waals surface area contributed by atoms with E-state index in [1.807, 2.05) is 55.5 Å². The van der Waals surface area contributed by atoms with Crippen LogP contribution in [0.5, 0.6) is 11.5 Å². The van der Waals surface area contributed by atoms with E-state index in [9.17, 15) is 8.42 Å². The maximum absolute atomic E-state index is 12.2. The maximum atomic E-state index is 12.2. The van der Waals surface area contributed by atoms with E-state index in [1.54, 1.807) is 13.8 Å². The van der Waals surface area contributed by atoms with Crippen molar-refractivity contribution in [2.75, 3.05) is 6.61 Å². The van der Waals surface area contributed by atoms with Gasteiger partial charge in [0, 0.05) is 5.56 Å². The molecule has 0 bridgehead atoms. The zero-order valence-corrected chi connectivity index (χ0v) is 17.5. The Balaban J connectivity index is 1.71. The molecular formula is C22H29NO4S. The summed E-state index contributed by atoms with van der Waals surface area (Å²) in [5, 5.41) is -0.446. The van der Waals surface area contributed by atoms with E-state index < -0.39 is 15.3 Å². The molecule has 6 heteroatoms. The first-order valence-electron chi connectivity index (χ1n) is 9.90. The monoisotopic (exact) mass is 403 g/mol. The van der Waals surface area contributed by atoms with Gasteiger partial charge in [-0.1, -0.05) is 30.3 Å². The van der Waals surface area contributed by atoms with E-state index in [1.165, 1.54) is 0 Å². The summed E-state index contributed by atoms with van der Waals surface area (Å²) in [7, 11) is -3.30. The Hall–Kier alpha value is -2.05. The minimum Gasteiger partial charge on any atom is -0.493 e. The average Bonchev–Trinajstić information content (AvgIpc) is 3.09. The number of ether oxygens (including phenoxy) is 2. The molecule has 152 valence electrons. The summed E-state index contributed by atoms with van der Waals surface area (Å²) >= 11 is 0. The van der Waals surface area contributed by atoms with E-state index in [0.29, 0.717) is 6.61 Å². The van der Waals surface area contributed by atoms with Gasteiger partial charge in [-0.15, -0.1) is 0 Å². The number of nitrogens with one attached hydrogen (secondary N) is 1. The highest BCUT2D eigenvalue weighted by molar-refractivity contribution is 7.90. The molecule has 0 aliphatic heterocycles. The van der Waals surface area contributed by atoms with Crippen LogP contribution >= 0.6 is 0 Å². The second kappa shape index (κ2) is 8.97. The van der Waals surface area contributed by atoms with E-state index in [0.717, 1.165) is 41.9 Å². The Morgan fingerprint density at radius 3 is 2.46 bits per heavy atom. The molecule has 0 radical (unpaired) electrons. The topological polar surface area (TPSA) is 64.6 Å². The molecule has 0 amide bonds. The fourth-order valence-corrected chi connectivity index (χ4v) is 4.39. The third-order valence-electron chi connectivity index (χ3n) is 5.03. The molecular weight excluding hydrogens is 374 g/mol. The van der Waals surface area contributed by atoms with Gasteiger partial charge in [-0.05, 0) is 63.8 Å². The van der Waals surface area contributed by atoms with Gasteiger partial charge < -0.3 is 9.47 Å². The number of para-hydroxylation sites is 1. The van der Waals surface area contributed by atoms with Crippen LogP contribution in [0.4, 0.5) is 0 Å². The summed E-state index contributed by atoms with van der Waals surface area (Å²) in [4.78, 5) is 0. The lowest BCUT2D eigenvalue weighted by atomic mass is 10.0. The number of hydrogen-bond acceptors (Lipinski definition) is 4. The molecule has 1 aliphatic rings. The average molecular weight is 404 g/mol. The van der Waals surface area contributed by atoms with Crippen LogP contribution in [0.2, 0.25) is 0 Å². The van der Waals surface area contributed by atoms with Crippen LogP contribution in [0.25, 0.3) is 11.1 Å². The van der Waals surface area contributed by atoms with Gasteiger partial charge in [0.1, 0.15) is 17.6 Å². The number of rotatable bonds is 8. The van der Waals surface area contributed by atoms with Crippen molar-refractivity contribution < 1.29 is 17.9 Å². The number of benzene rings is 2. The molecule has 1 aliphatic carbocycles. The van der Waals surface area contributed by atoms with Crippen LogP contribution < -0.4 is 14.2 Å². The van der Waals surface area contributed by atoms with Gasteiger partial charge in [-0.25, -0.2) is 13.1 Å². The molecule has 5 nitrogen and oxygen atoms in total. The lowest BCUT2D eigenvalue weighted by Crippen LogP contribution is -2.44. The maximum Gasteiger partial charge on any atom is 0.214 e. The van der Waals surface area contributed by atoms with Crippen molar-refractivity contribution in [3.63, 3.8) is 0 Å². The zero-order chi connectivity index (χ0) is 20.1. The Labute approximate surface area is 168 Å². The number of sulfonamides is 1. The van der Waals surface area contributed by atoms with Crippen LogP contribution in [0, 0.1) is 0 Å². The fraction of sp³-hybridized carbons (Fsp3) is 0.455. The Morgan fingerprint density at radius 1 is 1.07 bits per heavy atom. The molecule has 1 unspecified atom stereocenters. The minimum atomic E-state index is -3.30. The molecule has 3 rings (SSSR count). The lowest BCUT2D eigenvalue weighted by molar-refractivity contribution is 0.185. The third-order valence-corrected chi connectivity index (χ3v) is 6.90. The van der Waals surface area contributed by atoms with Crippen LogP contribution in [0.3, 0.4) is 0 Å². The second-order valence-electron chi connectivity index (χ2n) is 7.36. The smallest absolute Gasteiger partial charge is 0.214 e. The Morgan fingerprint density at radius 2 is 1.79 bits per heavy atom. The van der Waals surface area contributed by atoms with Crippen molar-refractivity contribution >= 4 is 10.0 Å². The lowest BCUT2D eigenvalue weighted by Gasteiger charge is -2.23. The van der Waals surface area contributed by atoms with Crippen LogP contribution in [-0.4, -0.2) is 32.4 Å². The summed E-state index contributed by atoms with van der Waals surface area (Å²) < 4.78 is 39.0. The van der Waals surface area contributed by atoms with E-state index >= 15 is 0 Å². The largest absolute Gasteiger partial charge is 0.493 e. The van der Waals surface area contributed by atoms with Crippen molar-refractivity contribution in [1.82, 2.24) is 4.72 Å². The van der Waals surface area contributed by atoms with Gasteiger partial charge in [0.05, 0.1) is 17.9 Å². The van der Waals surface area contributed by atoms with Crippen molar-refractivity contribution in [2.45, 2.75) is 57.4 Å². The molecule has 2 aromatic carbocycles. The second-order valence-corrected chi connectivity index (χ2v) is 9.63.